The highest BCUT2D eigenvalue weighted by Gasteiger charge is 2.09. The van der Waals surface area contributed by atoms with Crippen LogP contribution in [0.15, 0.2) is 5.16 Å². The maximum absolute atomic E-state index is 8.47. The molecule has 4 N–H and O–H groups in total. The summed E-state index contributed by atoms with van der Waals surface area (Å²) in [7, 11) is 0. The summed E-state index contributed by atoms with van der Waals surface area (Å²) in [5.74, 6) is 0.948. The van der Waals surface area contributed by atoms with E-state index in [0.29, 0.717) is 5.92 Å². The average Bonchev–Trinajstić information content (AvgIpc) is 2.11. The number of nitrogens with zero attached hydrogens (tertiary/aromatic N) is 1. The maximum atomic E-state index is 8.47. The molecule has 0 aliphatic rings. The zero-order valence-corrected chi connectivity index (χ0v) is 8.75. The molecule has 78 valence electrons. The minimum Gasteiger partial charge on any atom is -0.409 e. The Bertz CT molecular complexity index is 157. The second-order valence-corrected chi connectivity index (χ2v) is 3.62. The molecule has 0 spiro atoms. The van der Waals surface area contributed by atoms with E-state index in [1.54, 1.807) is 0 Å². The Hall–Kier alpha value is -0.770. The Morgan fingerprint density at radius 1 is 1.54 bits per heavy atom. The van der Waals surface area contributed by atoms with Gasteiger partial charge < -0.3 is 16.3 Å². The van der Waals surface area contributed by atoms with E-state index in [9.17, 15) is 0 Å². The molecule has 0 aromatic heterocycles. The molecule has 0 aliphatic heterocycles. The third kappa shape index (κ3) is 5.47. The van der Waals surface area contributed by atoms with Crippen LogP contribution < -0.4 is 11.1 Å². The molecule has 1 atom stereocenters. The SMILES string of the molecule is CCC(NCCC(C)C)C(N)=NO. The number of hydrogen-bond donors (Lipinski definition) is 3. The van der Waals surface area contributed by atoms with Crippen LogP contribution in [0.2, 0.25) is 0 Å². The van der Waals surface area contributed by atoms with Crippen molar-refractivity contribution in [2.24, 2.45) is 16.8 Å². The summed E-state index contributed by atoms with van der Waals surface area (Å²) >= 11 is 0. The van der Waals surface area contributed by atoms with E-state index < -0.39 is 0 Å². The van der Waals surface area contributed by atoms with E-state index in [0.717, 1.165) is 19.4 Å². The first-order valence-electron chi connectivity index (χ1n) is 4.82. The van der Waals surface area contributed by atoms with E-state index in [1.807, 2.05) is 6.92 Å². The monoisotopic (exact) mass is 187 g/mol. The number of amidine groups is 1. The van der Waals surface area contributed by atoms with Crippen molar-refractivity contribution in [3.05, 3.63) is 0 Å². The van der Waals surface area contributed by atoms with E-state index in [4.69, 9.17) is 10.9 Å². The van der Waals surface area contributed by atoms with Gasteiger partial charge in [0.15, 0.2) is 5.84 Å². The van der Waals surface area contributed by atoms with Gasteiger partial charge in [0.1, 0.15) is 0 Å². The first-order valence-corrected chi connectivity index (χ1v) is 4.82. The number of oxime groups is 1. The molecule has 0 heterocycles. The summed E-state index contributed by atoms with van der Waals surface area (Å²) < 4.78 is 0. The maximum Gasteiger partial charge on any atom is 0.156 e. The van der Waals surface area contributed by atoms with Gasteiger partial charge in [-0.25, -0.2) is 0 Å². The van der Waals surface area contributed by atoms with Crippen LogP contribution in [0.3, 0.4) is 0 Å². The molecule has 0 amide bonds. The van der Waals surface area contributed by atoms with Gasteiger partial charge in [0.25, 0.3) is 0 Å². The molecule has 0 aromatic carbocycles. The lowest BCUT2D eigenvalue weighted by atomic mass is 10.1. The Balaban J connectivity index is 3.73. The van der Waals surface area contributed by atoms with Crippen molar-refractivity contribution in [2.45, 2.75) is 39.7 Å². The molecule has 0 aromatic rings. The fourth-order valence-corrected chi connectivity index (χ4v) is 1.07. The molecule has 4 nitrogen and oxygen atoms in total. The van der Waals surface area contributed by atoms with Crippen LogP contribution in [-0.4, -0.2) is 23.6 Å². The fourth-order valence-electron chi connectivity index (χ4n) is 1.07. The van der Waals surface area contributed by atoms with E-state index in [2.05, 4.69) is 24.3 Å². The number of rotatable bonds is 6. The summed E-state index contributed by atoms with van der Waals surface area (Å²) in [6.45, 7) is 7.26. The molecule has 0 radical (unpaired) electrons. The van der Waals surface area contributed by atoms with Gasteiger partial charge in [0.2, 0.25) is 0 Å². The normalized spacial score (nSPS) is 14.9. The minimum atomic E-state index is 0.00347. The number of nitrogens with one attached hydrogen (secondary N) is 1. The van der Waals surface area contributed by atoms with Gasteiger partial charge in [-0.3, -0.25) is 0 Å². The van der Waals surface area contributed by atoms with Crippen molar-refractivity contribution in [1.29, 1.82) is 0 Å². The molecule has 0 aliphatic carbocycles. The summed E-state index contributed by atoms with van der Waals surface area (Å²) in [4.78, 5) is 0. The van der Waals surface area contributed by atoms with Crippen molar-refractivity contribution in [3.63, 3.8) is 0 Å². The highest BCUT2D eigenvalue weighted by atomic mass is 16.4. The summed E-state index contributed by atoms with van der Waals surface area (Å²) in [5, 5.41) is 14.7. The first kappa shape index (κ1) is 12.2. The molecule has 0 fully saturated rings. The van der Waals surface area contributed by atoms with Crippen molar-refractivity contribution < 1.29 is 5.21 Å². The smallest absolute Gasteiger partial charge is 0.156 e. The molecular weight excluding hydrogens is 166 g/mol. The van der Waals surface area contributed by atoms with Crippen LogP contribution in [0.4, 0.5) is 0 Å². The van der Waals surface area contributed by atoms with E-state index >= 15 is 0 Å². The quantitative estimate of drug-likeness (QED) is 0.253. The molecule has 0 rings (SSSR count). The highest BCUT2D eigenvalue weighted by Crippen LogP contribution is 1.98. The van der Waals surface area contributed by atoms with Crippen LogP contribution in [0.1, 0.15) is 33.6 Å². The van der Waals surface area contributed by atoms with Crippen LogP contribution in [-0.2, 0) is 0 Å². The lowest BCUT2D eigenvalue weighted by Gasteiger charge is -2.15. The lowest BCUT2D eigenvalue weighted by Crippen LogP contribution is -2.41. The molecule has 0 bridgehead atoms. The van der Waals surface area contributed by atoms with Crippen LogP contribution in [0.5, 0.6) is 0 Å². The van der Waals surface area contributed by atoms with E-state index in [-0.39, 0.29) is 11.9 Å². The van der Waals surface area contributed by atoms with Gasteiger partial charge in [-0.1, -0.05) is 25.9 Å². The molecule has 0 saturated carbocycles. The molecule has 4 heteroatoms. The van der Waals surface area contributed by atoms with Gasteiger partial charge in [-0.15, -0.1) is 0 Å². The number of nitrogens with two attached hydrogens (primary N) is 1. The Morgan fingerprint density at radius 3 is 2.54 bits per heavy atom. The Labute approximate surface area is 80.2 Å². The van der Waals surface area contributed by atoms with Crippen molar-refractivity contribution >= 4 is 5.84 Å². The lowest BCUT2D eigenvalue weighted by molar-refractivity contribution is 0.314. The molecule has 1 unspecified atom stereocenters. The third-order valence-corrected chi connectivity index (χ3v) is 1.99. The third-order valence-electron chi connectivity index (χ3n) is 1.99. The molecule has 0 saturated heterocycles. The van der Waals surface area contributed by atoms with Gasteiger partial charge in [-0.05, 0) is 25.3 Å². The highest BCUT2D eigenvalue weighted by molar-refractivity contribution is 5.85. The standard InChI is InChI=1S/C9H21N3O/c1-4-8(9(10)12-13)11-6-5-7(2)3/h7-8,11,13H,4-6H2,1-3H3,(H2,10,12). The van der Waals surface area contributed by atoms with Gasteiger partial charge >= 0.3 is 0 Å². The predicted molar refractivity (Wildman–Crippen MR) is 54.9 cm³/mol. The van der Waals surface area contributed by atoms with Crippen molar-refractivity contribution in [3.8, 4) is 0 Å². The summed E-state index contributed by atoms with van der Waals surface area (Å²) in [6.07, 6.45) is 1.95. The van der Waals surface area contributed by atoms with Gasteiger partial charge in [0.05, 0.1) is 6.04 Å². The number of hydrogen-bond acceptors (Lipinski definition) is 3. The second-order valence-electron chi connectivity index (χ2n) is 3.62. The topological polar surface area (TPSA) is 70.6 Å². The van der Waals surface area contributed by atoms with Crippen LogP contribution in [0, 0.1) is 5.92 Å². The summed E-state index contributed by atoms with van der Waals surface area (Å²) in [5.41, 5.74) is 5.48. The first-order chi connectivity index (χ1) is 6.11. The largest absolute Gasteiger partial charge is 0.409 e. The molecular formula is C9H21N3O. The minimum absolute atomic E-state index is 0.00347. The fraction of sp³-hybridized carbons (Fsp3) is 0.889. The Kier molecular flexibility index (Phi) is 6.32. The average molecular weight is 187 g/mol. The van der Waals surface area contributed by atoms with Gasteiger partial charge in [-0.2, -0.15) is 0 Å². The predicted octanol–water partition coefficient (Wildman–Crippen LogP) is 1.15. The Morgan fingerprint density at radius 2 is 2.15 bits per heavy atom. The second kappa shape index (κ2) is 6.71. The van der Waals surface area contributed by atoms with Crippen molar-refractivity contribution in [2.75, 3.05) is 6.54 Å². The van der Waals surface area contributed by atoms with Gasteiger partial charge in [0, 0.05) is 0 Å². The van der Waals surface area contributed by atoms with E-state index in [1.165, 1.54) is 0 Å². The van der Waals surface area contributed by atoms with Crippen molar-refractivity contribution in [1.82, 2.24) is 5.32 Å². The zero-order valence-electron chi connectivity index (χ0n) is 8.75. The van der Waals surface area contributed by atoms with Crippen LogP contribution >= 0.6 is 0 Å². The molecule has 13 heavy (non-hydrogen) atoms. The summed E-state index contributed by atoms with van der Waals surface area (Å²) in [6, 6.07) is 0.00347. The van der Waals surface area contributed by atoms with Crippen LogP contribution in [0.25, 0.3) is 0 Å². The zero-order chi connectivity index (χ0) is 10.3.